The fraction of sp³-hybridized carbons (Fsp3) is 0.211. The molecular formula is C19H21N3O6S. The minimum absolute atomic E-state index is 0.0514. The van der Waals surface area contributed by atoms with Gasteiger partial charge in [0.25, 0.3) is 5.91 Å². The van der Waals surface area contributed by atoms with Gasteiger partial charge < -0.3 is 15.8 Å². The van der Waals surface area contributed by atoms with E-state index < -0.39 is 41.0 Å². The normalized spacial score (nSPS) is 11.1. The van der Waals surface area contributed by atoms with Gasteiger partial charge in [-0.2, -0.15) is 4.31 Å². The first-order valence-electron chi connectivity index (χ1n) is 8.48. The Balaban J connectivity index is 1.86. The highest BCUT2D eigenvalue weighted by Gasteiger charge is 2.23. The third-order valence-corrected chi connectivity index (χ3v) is 5.72. The topological polar surface area (TPSA) is 136 Å². The van der Waals surface area contributed by atoms with Crippen LogP contribution in [-0.4, -0.2) is 50.7 Å². The van der Waals surface area contributed by atoms with Crippen molar-refractivity contribution in [2.24, 2.45) is 5.73 Å². The second kappa shape index (κ2) is 9.30. The number of hydrogen-bond donors (Lipinski definition) is 2. The number of nitrogens with zero attached hydrogens (tertiary/aromatic N) is 1. The van der Waals surface area contributed by atoms with Crippen LogP contribution in [0.25, 0.3) is 0 Å². The predicted octanol–water partition coefficient (Wildman–Crippen LogP) is 0.896. The molecule has 0 saturated carbocycles. The Morgan fingerprint density at radius 3 is 2.17 bits per heavy atom. The lowest BCUT2D eigenvalue weighted by atomic mass is 10.2. The number of amides is 2. The molecule has 0 aliphatic rings. The predicted molar refractivity (Wildman–Crippen MR) is 106 cm³/mol. The van der Waals surface area contributed by atoms with Crippen LogP contribution in [0.5, 0.6) is 0 Å². The Morgan fingerprint density at radius 1 is 1.03 bits per heavy atom. The van der Waals surface area contributed by atoms with E-state index in [1.807, 2.05) is 6.92 Å². The summed E-state index contributed by atoms with van der Waals surface area (Å²) in [6.45, 7) is 0.695. The number of likely N-dealkylation sites (N-methyl/N-ethyl adjacent to an activating group) is 1. The fourth-order valence-corrected chi connectivity index (χ4v) is 3.38. The maximum atomic E-state index is 12.4. The highest BCUT2D eigenvalue weighted by molar-refractivity contribution is 7.89. The molecule has 0 aliphatic heterocycles. The zero-order valence-corrected chi connectivity index (χ0v) is 16.7. The minimum atomic E-state index is -3.85. The number of anilines is 1. The van der Waals surface area contributed by atoms with E-state index in [0.717, 1.165) is 9.87 Å². The quantitative estimate of drug-likeness (QED) is 0.610. The summed E-state index contributed by atoms with van der Waals surface area (Å²) in [6.07, 6.45) is 0. The smallest absolute Gasteiger partial charge is 0.321 e. The lowest BCUT2D eigenvalue weighted by molar-refractivity contribution is -0.147. The van der Waals surface area contributed by atoms with Crippen LogP contribution in [0.1, 0.15) is 15.9 Å². The molecule has 0 spiro atoms. The summed E-state index contributed by atoms with van der Waals surface area (Å²) >= 11 is 0. The van der Waals surface area contributed by atoms with Crippen molar-refractivity contribution in [2.45, 2.75) is 11.8 Å². The maximum absolute atomic E-state index is 12.4. The van der Waals surface area contributed by atoms with E-state index in [-0.39, 0.29) is 10.5 Å². The van der Waals surface area contributed by atoms with Gasteiger partial charge >= 0.3 is 5.97 Å². The summed E-state index contributed by atoms with van der Waals surface area (Å²) in [4.78, 5) is 34.8. The van der Waals surface area contributed by atoms with Crippen molar-refractivity contribution in [2.75, 3.05) is 25.5 Å². The number of ether oxygens (including phenoxy) is 1. The van der Waals surface area contributed by atoms with Crippen LogP contribution in [0.2, 0.25) is 0 Å². The van der Waals surface area contributed by atoms with Crippen molar-refractivity contribution in [3.8, 4) is 0 Å². The maximum Gasteiger partial charge on any atom is 0.321 e. The molecule has 0 fully saturated rings. The van der Waals surface area contributed by atoms with Gasteiger partial charge in [-0.3, -0.25) is 14.4 Å². The fourth-order valence-electron chi connectivity index (χ4n) is 2.26. The number of nitrogens with two attached hydrogens (primary N) is 1. The Hall–Kier alpha value is -3.24. The summed E-state index contributed by atoms with van der Waals surface area (Å²) in [6, 6.07) is 12.0. The van der Waals surface area contributed by atoms with Gasteiger partial charge in [-0.1, -0.05) is 17.7 Å². The Bertz CT molecular complexity index is 1000. The molecule has 10 heteroatoms. The summed E-state index contributed by atoms with van der Waals surface area (Å²) in [5.41, 5.74) is 6.70. The van der Waals surface area contributed by atoms with Crippen molar-refractivity contribution in [1.82, 2.24) is 4.31 Å². The number of nitrogens with one attached hydrogen (secondary N) is 1. The standard InChI is InChI=1S/C19H21N3O6S/c1-13-3-9-16(10-4-13)29(26,27)22(2)11-18(24)28-12-17(23)21-15-7-5-14(6-8-15)19(20)25/h3-10H,11-12H2,1-2H3,(H2,20,25)(H,21,23). The second-order valence-corrected chi connectivity index (χ2v) is 8.27. The van der Waals surface area contributed by atoms with Gasteiger partial charge in [-0.15, -0.1) is 0 Å². The largest absolute Gasteiger partial charge is 0.455 e. The van der Waals surface area contributed by atoms with Crippen LogP contribution in [0.3, 0.4) is 0 Å². The number of primary amides is 1. The molecule has 0 aliphatic carbocycles. The number of carbonyl (C=O) groups excluding carboxylic acids is 3. The molecule has 154 valence electrons. The molecule has 2 aromatic carbocycles. The van der Waals surface area contributed by atoms with Crippen LogP contribution in [0, 0.1) is 6.92 Å². The van der Waals surface area contributed by atoms with Gasteiger partial charge in [0.2, 0.25) is 15.9 Å². The molecule has 2 amide bonds. The van der Waals surface area contributed by atoms with E-state index in [1.165, 1.54) is 43.4 Å². The second-order valence-electron chi connectivity index (χ2n) is 6.22. The zero-order valence-electron chi connectivity index (χ0n) is 15.9. The van der Waals surface area contributed by atoms with Crippen molar-refractivity contribution < 1.29 is 27.5 Å². The number of aryl methyl sites for hydroxylation is 1. The molecule has 0 bridgehead atoms. The lowest BCUT2D eigenvalue weighted by Gasteiger charge is -2.16. The molecule has 2 rings (SSSR count). The molecule has 2 aromatic rings. The Morgan fingerprint density at radius 2 is 1.62 bits per heavy atom. The molecule has 3 N–H and O–H groups in total. The molecule has 0 atom stereocenters. The first-order chi connectivity index (χ1) is 13.6. The van der Waals surface area contributed by atoms with Crippen LogP contribution >= 0.6 is 0 Å². The lowest BCUT2D eigenvalue weighted by Crippen LogP contribution is -2.34. The van der Waals surface area contributed by atoms with Gasteiger partial charge in [0, 0.05) is 18.3 Å². The van der Waals surface area contributed by atoms with Gasteiger partial charge in [0.05, 0.1) is 4.90 Å². The van der Waals surface area contributed by atoms with Crippen LogP contribution in [0.15, 0.2) is 53.4 Å². The summed E-state index contributed by atoms with van der Waals surface area (Å²) in [7, 11) is -2.61. The highest BCUT2D eigenvalue weighted by atomic mass is 32.2. The third kappa shape index (κ3) is 6.13. The summed E-state index contributed by atoms with van der Waals surface area (Å²) in [5.74, 6) is -2.09. The van der Waals surface area contributed by atoms with E-state index in [1.54, 1.807) is 12.1 Å². The first kappa shape index (κ1) is 22.1. The van der Waals surface area contributed by atoms with Crippen molar-refractivity contribution >= 4 is 33.5 Å². The molecule has 0 heterocycles. The van der Waals surface area contributed by atoms with E-state index >= 15 is 0 Å². The van der Waals surface area contributed by atoms with Gasteiger partial charge in [0.15, 0.2) is 6.61 Å². The number of benzene rings is 2. The number of rotatable bonds is 8. The average molecular weight is 419 g/mol. The molecule has 0 saturated heterocycles. The molecule has 29 heavy (non-hydrogen) atoms. The monoisotopic (exact) mass is 419 g/mol. The van der Waals surface area contributed by atoms with Crippen molar-refractivity contribution in [1.29, 1.82) is 0 Å². The van der Waals surface area contributed by atoms with E-state index in [2.05, 4.69) is 5.32 Å². The van der Waals surface area contributed by atoms with Crippen molar-refractivity contribution in [3.05, 3.63) is 59.7 Å². The van der Waals surface area contributed by atoms with Crippen LogP contribution in [-0.2, 0) is 24.3 Å². The third-order valence-electron chi connectivity index (χ3n) is 3.90. The SMILES string of the molecule is Cc1ccc(S(=O)(=O)N(C)CC(=O)OCC(=O)Nc2ccc(C(N)=O)cc2)cc1. The minimum Gasteiger partial charge on any atom is -0.455 e. The highest BCUT2D eigenvalue weighted by Crippen LogP contribution is 2.15. The Labute approximate surface area is 168 Å². The molecule has 9 nitrogen and oxygen atoms in total. The molecule has 0 aromatic heterocycles. The summed E-state index contributed by atoms with van der Waals surface area (Å²) < 4.78 is 30.6. The molecule has 0 radical (unpaired) electrons. The number of sulfonamides is 1. The van der Waals surface area contributed by atoms with E-state index in [4.69, 9.17) is 10.5 Å². The zero-order chi connectivity index (χ0) is 21.6. The average Bonchev–Trinajstić information content (AvgIpc) is 2.67. The molecule has 0 unspecified atom stereocenters. The van der Waals surface area contributed by atoms with Gasteiger partial charge in [-0.05, 0) is 43.3 Å². The summed E-state index contributed by atoms with van der Waals surface area (Å²) in [5, 5.41) is 2.48. The Kier molecular flexibility index (Phi) is 7.08. The van der Waals surface area contributed by atoms with E-state index in [9.17, 15) is 22.8 Å². The van der Waals surface area contributed by atoms with Gasteiger partial charge in [0.1, 0.15) is 6.54 Å². The number of hydrogen-bond acceptors (Lipinski definition) is 6. The van der Waals surface area contributed by atoms with Crippen LogP contribution in [0.4, 0.5) is 5.69 Å². The number of esters is 1. The first-order valence-corrected chi connectivity index (χ1v) is 9.92. The van der Waals surface area contributed by atoms with Gasteiger partial charge in [-0.25, -0.2) is 8.42 Å². The van der Waals surface area contributed by atoms with E-state index in [0.29, 0.717) is 5.69 Å². The van der Waals surface area contributed by atoms with Crippen LogP contribution < -0.4 is 11.1 Å². The number of carbonyl (C=O) groups is 3. The molecular weight excluding hydrogens is 398 g/mol. The van der Waals surface area contributed by atoms with Crippen molar-refractivity contribution in [3.63, 3.8) is 0 Å².